The first-order valence-corrected chi connectivity index (χ1v) is 8.51. The highest BCUT2D eigenvalue weighted by atomic mass is 35.5. The maximum atomic E-state index is 12.3. The molecule has 0 aliphatic heterocycles. The van der Waals surface area contributed by atoms with Gasteiger partial charge in [-0.1, -0.05) is 17.7 Å². The van der Waals surface area contributed by atoms with Crippen molar-refractivity contribution < 1.29 is 18.3 Å². The molecule has 112 valence electrons. The highest BCUT2D eigenvalue weighted by Gasteiger charge is 2.24. The van der Waals surface area contributed by atoms with Gasteiger partial charge < -0.3 is 5.11 Å². The highest BCUT2D eigenvalue weighted by Crippen LogP contribution is 2.24. The van der Waals surface area contributed by atoms with Crippen LogP contribution in [-0.2, 0) is 14.8 Å². The molecule has 0 spiro atoms. The zero-order chi connectivity index (χ0) is 15.5. The average Bonchev–Trinajstić information content (AvgIpc) is 2.91. The molecule has 2 aromatic rings. The molecule has 0 aliphatic carbocycles. The van der Waals surface area contributed by atoms with Gasteiger partial charge in [0.1, 0.15) is 5.15 Å². The van der Waals surface area contributed by atoms with Crippen LogP contribution in [0.15, 0.2) is 40.7 Å². The van der Waals surface area contributed by atoms with Gasteiger partial charge in [-0.15, -0.1) is 11.3 Å². The van der Waals surface area contributed by atoms with Crippen molar-refractivity contribution in [3.63, 3.8) is 0 Å². The van der Waals surface area contributed by atoms with E-state index in [1.165, 1.54) is 29.7 Å². The Morgan fingerprint density at radius 3 is 2.81 bits per heavy atom. The molecule has 9 heteroatoms. The van der Waals surface area contributed by atoms with E-state index in [9.17, 15) is 13.2 Å². The molecule has 1 unspecified atom stereocenters. The van der Waals surface area contributed by atoms with Crippen LogP contribution in [0, 0.1) is 0 Å². The SMILES string of the molecule is O=C(O)CC(NS(=O)(=O)c1ccnc(Cl)c1)c1cccs1. The molecule has 2 rings (SSSR count). The second-order valence-corrected chi connectivity index (χ2v) is 7.18. The molecule has 1 atom stereocenters. The first-order valence-electron chi connectivity index (χ1n) is 5.77. The number of hydrogen-bond donors (Lipinski definition) is 2. The summed E-state index contributed by atoms with van der Waals surface area (Å²) in [6.45, 7) is 0. The monoisotopic (exact) mass is 346 g/mol. The molecule has 2 heterocycles. The Morgan fingerprint density at radius 2 is 2.24 bits per heavy atom. The maximum absolute atomic E-state index is 12.3. The van der Waals surface area contributed by atoms with Crippen LogP contribution in [0.25, 0.3) is 0 Å². The van der Waals surface area contributed by atoms with Gasteiger partial charge in [-0.05, 0) is 23.6 Å². The van der Waals surface area contributed by atoms with E-state index < -0.39 is 22.0 Å². The van der Waals surface area contributed by atoms with Crippen molar-refractivity contribution in [1.82, 2.24) is 9.71 Å². The number of halogens is 1. The van der Waals surface area contributed by atoms with Crippen LogP contribution in [0.4, 0.5) is 0 Å². The molecule has 0 aliphatic rings. The molecule has 0 amide bonds. The van der Waals surface area contributed by atoms with Crippen LogP contribution < -0.4 is 4.72 Å². The van der Waals surface area contributed by atoms with Gasteiger partial charge in [0.15, 0.2) is 0 Å². The van der Waals surface area contributed by atoms with Gasteiger partial charge in [-0.3, -0.25) is 4.79 Å². The fourth-order valence-electron chi connectivity index (χ4n) is 1.67. The van der Waals surface area contributed by atoms with Crippen molar-refractivity contribution in [2.24, 2.45) is 0 Å². The normalized spacial score (nSPS) is 13.0. The summed E-state index contributed by atoms with van der Waals surface area (Å²) in [5, 5.41) is 10.7. The zero-order valence-electron chi connectivity index (χ0n) is 10.6. The summed E-state index contributed by atoms with van der Waals surface area (Å²) in [4.78, 5) is 15.2. The molecule has 0 saturated carbocycles. The van der Waals surface area contributed by atoms with Crippen LogP contribution in [-0.4, -0.2) is 24.5 Å². The lowest BCUT2D eigenvalue weighted by Crippen LogP contribution is -2.29. The Kier molecular flexibility index (Phi) is 4.94. The molecule has 0 fully saturated rings. The number of aliphatic carboxylic acids is 1. The summed E-state index contributed by atoms with van der Waals surface area (Å²) in [6, 6.07) is 5.07. The second-order valence-electron chi connectivity index (χ2n) is 4.10. The molecule has 0 bridgehead atoms. The Morgan fingerprint density at radius 1 is 1.48 bits per heavy atom. The minimum atomic E-state index is -3.88. The summed E-state index contributed by atoms with van der Waals surface area (Å²) in [6.07, 6.45) is 0.923. The molecule has 6 nitrogen and oxygen atoms in total. The number of carboxylic acid groups (broad SMARTS) is 1. The van der Waals surface area contributed by atoms with Crippen LogP contribution in [0.3, 0.4) is 0 Å². The Bertz CT molecular complexity index is 731. The Balaban J connectivity index is 2.29. The molecule has 0 saturated heterocycles. The first kappa shape index (κ1) is 15.9. The predicted molar refractivity (Wildman–Crippen MR) is 78.9 cm³/mol. The zero-order valence-corrected chi connectivity index (χ0v) is 13.0. The van der Waals surface area contributed by atoms with Crippen LogP contribution in [0.1, 0.15) is 17.3 Å². The van der Waals surface area contributed by atoms with E-state index in [-0.39, 0.29) is 16.5 Å². The number of carbonyl (C=O) groups is 1. The number of sulfonamides is 1. The van der Waals surface area contributed by atoms with Gasteiger partial charge in [0.2, 0.25) is 10.0 Å². The number of carboxylic acids is 1. The van der Waals surface area contributed by atoms with Crippen LogP contribution in [0.2, 0.25) is 5.15 Å². The van der Waals surface area contributed by atoms with E-state index in [1.807, 2.05) is 0 Å². The van der Waals surface area contributed by atoms with Gasteiger partial charge in [0, 0.05) is 11.1 Å². The predicted octanol–water partition coefficient (Wildman–Crippen LogP) is 2.29. The van der Waals surface area contributed by atoms with E-state index in [0.29, 0.717) is 4.88 Å². The largest absolute Gasteiger partial charge is 0.481 e. The summed E-state index contributed by atoms with van der Waals surface area (Å²) in [5.74, 6) is -1.09. The van der Waals surface area contributed by atoms with E-state index in [2.05, 4.69) is 9.71 Å². The number of rotatable bonds is 6. The first-order chi connectivity index (χ1) is 9.88. The molecule has 0 aromatic carbocycles. The third-order valence-electron chi connectivity index (χ3n) is 2.57. The van der Waals surface area contributed by atoms with Gasteiger partial charge in [0.05, 0.1) is 17.4 Å². The number of thiophene rings is 1. The molecule has 21 heavy (non-hydrogen) atoms. The van der Waals surface area contributed by atoms with Gasteiger partial charge in [-0.25, -0.2) is 18.1 Å². The van der Waals surface area contributed by atoms with E-state index in [4.69, 9.17) is 16.7 Å². The van der Waals surface area contributed by atoms with Crippen molar-refractivity contribution in [3.05, 3.63) is 45.9 Å². The fourth-order valence-corrected chi connectivity index (χ4v) is 3.99. The van der Waals surface area contributed by atoms with Crippen molar-refractivity contribution in [3.8, 4) is 0 Å². The Hall–Kier alpha value is -1.48. The van der Waals surface area contributed by atoms with Crippen LogP contribution in [0.5, 0.6) is 0 Å². The maximum Gasteiger partial charge on any atom is 0.305 e. The third-order valence-corrected chi connectivity index (χ3v) is 5.23. The summed E-state index contributed by atoms with van der Waals surface area (Å²) >= 11 is 6.96. The van der Waals surface area contributed by atoms with E-state index in [1.54, 1.807) is 17.5 Å². The lowest BCUT2D eigenvalue weighted by molar-refractivity contribution is -0.137. The van der Waals surface area contributed by atoms with Crippen molar-refractivity contribution >= 4 is 38.9 Å². The summed E-state index contributed by atoms with van der Waals surface area (Å²) in [5.41, 5.74) is 0. The molecule has 2 N–H and O–H groups in total. The number of nitrogens with zero attached hydrogens (tertiary/aromatic N) is 1. The standard InChI is InChI=1S/C12H11ClN2O4S2/c13-11-6-8(3-4-14-11)21(18,19)15-9(7-12(16)17)10-2-1-5-20-10/h1-6,9,15H,7H2,(H,16,17). The van der Waals surface area contributed by atoms with E-state index >= 15 is 0 Å². The van der Waals surface area contributed by atoms with E-state index in [0.717, 1.165) is 0 Å². The van der Waals surface area contributed by atoms with Crippen molar-refractivity contribution in [2.45, 2.75) is 17.4 Å². The average molecular weight is 347 g/mol. The van der Waals surface area contributed by atoms with Gasteiger partial charge >= 0.3 is 5.97 Å². The topological polar surface area (TPSA) is 96.4 Å². The number of hydrogen-bond acceptors (Lipinski definition) is 5. The quantitative estimate of drug-likeness (QED) is 0.782. The molecule has 0 radical (unpaired) electrons. The number of pyridine rings is 1. The number of aromatic nitrogens is 1. The smallest absolute Gasteiger partial charge is 0.305 e. The van der Waals surface area contributed by atoms with Gasteiger partial charge in [0.25, 0.3) is 0 Å². The second kappa shape index (κ2) is 6.52. The minimum Gasteiger partial charge on any atom is -0.481 e. The fraction of sp³-hybridized carbons (Fsp3) is 0.167. The molecular weight excluding hydrogens is 336 g/mol. The third kappa shape index (κ3) is 4.24. The van der Waals surface area contributed by atoms with Crippen molar-refractivity contribution in [1.29, 1.82) is 0 Å². The lowest BCUT2D eigenvalue weighted by atomic mass is 10.2. The molecule has 2 aromatic heterocycles. The van der Waals surface area contributed by atoms with Crippen LogP contribution >= 0.6 is 22.9 Å². The minimum absolute atomic E-state index is 0.0452. The Labute approximate surface area is 130 Å². The number of nitrogens with one attached hydrogen (secondary N) is 1. The highest BCUT2D eigenvalue weighted by molar-refractivity contribution is 7.89. The summed E-state index contributed by atoms with van der Waals surface area (Å²) < 4.78 is 27.0. The summed E-state index contributed by atoms with van der Waals surface area (Å²) in [7, 11) is -3.88. The molecular formula is C12H11ClN2O4S2. The van der Waals surface area contributed by atoms with Crippen molar-refractivity contribution in [2.75, 3.05) is 0 Å². The lowest BCUT2D eigenvalue weighted by Gasteiger charge is -2.15. The van der Waals surface area contributed by atoms with Gasteiger partial charge in [-0.2, -0.15) is 0 Å².